The minimum atomic E-state index is -2.77. The predicted molar refractivity (Wildman–Crippen MR) is 175 cm³/mol. The molecule has 0 aliphatic carbocycles. The highest BCUT2D eigenvalue weighted by Crippen LogP contribution is 2.23. The quantitative estimate of drug-likeness (QED) is 0.358. The van der Waals surface area contributed by atoms with E-state index in [0.717, 1.165) is 29.2 Å². The molecule has 0 unspecified atom stereocenters. The van der Waals surface area contributed by atoms with Crippen molar-refractivity contribution in [1.82, 2.24) is 4.90 Å². The molecule has 4 heteroatoms. The zero-order valence-corrected chi connectivity index (χ0v) is 26.7. The number of benzene rings is 2. The van der Waals surface area contributed by atoms with Crippen LogP contribution < -0.4 is 10.4 Å². The molecule has 0 aromatic heterocycles. The topological polar surface area (TPSA) is 23.5 Å². The number of aliphatic hydroxyl groups is 1. The first-order valence-electron chi connectivity index (χ1n) is 14.8. The molecular weight excluding hydrogens is 500 g/mol. The van der Waals surface area contributed by atoms with Gasteiger partial charge >= 0.3 is 0 Å². The van der Waals surface area contributed by atoms with Gasteiger partial charge in [-0.2, -0.15) is 0 Å². The number of piperidine rings is 1. The molecule has 2 aromatic rings. The lowest BCUT2D eigenvalue weighted by Gasteiger charge is -2.25. The first-order chi connectivity index (χ1) is 19.0. The van der Waals surface area contributed by atoms with E-state index in [2.05, 4.69) is 63.1 Å². The van der Waals surface area contributed by atoms with Crippen molar-refractivity contribution >= 4 is 12.2 Å². The number of allylic oxidation sites excluding steroid dienone is 2. The van der Waals surface area contributed by atoms with Gasteiger partial charge in [0.15, 0.2) is 0 Å². The second-order valence-electron chi connectivity index (χ2n) is 9.82. The van der Waals surface area contributed by atoms with Crippen LogP contribution in [-0.4, -0.2) is 35.6 Å². The van der Waals surface area contributed by atoms with Gasteiger partial charge in [0.1, 0.15) is 0 Å². The van der Waals surface area contributed by atoms with Crippen LogP contribution in [0.25, 0.3) is 12.2 Å². The molecule has 226 valence electrons. The molecule has 2 nitrogen and oxygen atoms in total. The van der Waals surface area contributed by atoms with E-state index in [1.807, 2.05) is 45.0 Å². The predicted octanol–water partition coefficient (Wildman–Crippen LogP) is 9.41. The van der Waals surface area contributed by atoms with Gasteiger partial charge in [-0.3, -0.25) is 0 Å². The van der Waals surface area contributed by atoms with E-state index in [1.54, 1.807) is 0 Å². The second-order valence-corrected chi connectivity index (χ2v) is 9.82. The number of hydrogen-bond donors (Lipinski definition) is 1. The van der Waals surface area contributed by atoms with Crippen molar-refractivity contribution in [3.05, 3.63) is 94.6 Å². The average molecular weight is 558 g/mol. The van der Waals surface area contributed by atoms with Crippen molar-refractivity contribution in [2.45, 2.75) is 99.8 Å². The fourth-order valence-electron chi connectivity index (χ4n) is 4.09. The van der Waals surface area contributed by atoms with E-state index in [9.17, 15) is 8.78 Å². The third kappa shape index (κ3) is 18.5. The molecule has 0 radical (unpaired) electrons. The van der Waals surface area contributed by atoms with E-state index < -0.39 is 5.92 Å². The number of rotatable bonds is 6. The number of alkyl halides is 2. The number of hydrogen-bond acceptors (Lipinski definition) is 2. The summed E-state index contributed by atoms with van der Waals surface area (Å²) in [5.41, 5.74) is 3.78. The van der Waals surface area contributed by atoms with Crippen molar-refractivity contribution in [1.29, 1.82) is 0 Å². The van der Waals surface area contributed by atoms with Crippen LogP contribution in [0.3, 0.4) is 0 Å². The van der Waals surface area contributed by atoms with Gasteiger partial charge in [-0.15, -0.1) is 0 Å². The van der Waals surface area contributed by atoms with Crippen molar-refractivity contribution in [3.63, 3.8) is 0 Å². The van der Waals surface area contributed by atoms with Crippen LogP contribution in [-0.2, 0) is 6.42 Å². The van der Waals surface area contributed by atoms with Gasteiger partial charge in [-0.05, 0) is 98.8 Å². The first-order valence-corrected chi connectivity index (χ1v) is 14.8. The van der Waals surface area contributed by atoms with E-state index >= 15 is 0 Å². The fourth-order valence-corrected chi connectivity index (χ4v) is 4.09. The summed E-state index contributed by atoms with van der Waals surface area (Å²) in [4.78, 5) is 2.57. The zero-order chi connectivity index (χ0) is 31.0. The summed E-state index contributed by atoms with van der Waals surface area (Å²) in [6.45, 7) is 25.6. The van der Waals surface area contributed by atoms with E-state index in [0.29, 0.717) is 0 Å². The molecule has 1 fully saturated rings. The highest BCUT2D eigenvalue weighted by molar-refractivity contribution is 5.56. The Morgan fingerprint density at radius 1 is 0.950 bits per heavy atom. The number of nitrogens with zero attached hydrogens (tertiary/aromatic N) is 1. The normalized spacial score (nSPS) is 13.9. The van der Waals surface area contributed by atoms with Gasteiger partial charge in [0.05, 0.1) is 6.26 Å². The molecular formula is C36H57F2NO. The summed E-state index contributed by atoms with van der Waals surface area (Å²) in [6, 6.07) is 16.1. The maximum atomic E-state index is 13.0. The maximum Gasteiger partial charge on any atom is 0.266 e. The molecule has 40 heavy (non-hydrogen) atoms. The molecule has 0 bridgehead atoms. The summed E-state index contributed by atoms with van der Waals surface area (Å²) in [6.07, 6.45) is 10.4. The first kappa shape index (κ1) is 39.4. The highest BCUT2D eigenvalue weighted by Gasteiger charge is 2.23. The summed E-state index contributed by atoms with van der Waals surface area (Å²) in [5, 5.41) is 9.09. The second kappa shape index (κ2) is 24.1. The standard InChI is InChI=1S/C14H16F2.C10H14.C8H17N.C2H4O.C2H6/c1-10-7-5-6-8-13(10)11(2)9-12(3)14(4,15)16;1-3-6-10-8-5-4-7-9(10)2;1-2-6-9-7-4-3-5-8-9;1-2-3;1-2/h5-9H,1H2,2-4H3;4-5,7-8H,3,6H2,1-2H3;2-8H2,1H3;2-3H,1H2;1-2H3/b12-9+,13-11-;;;;. The number of aliphatic hydroxyl groups excluding tert-OH is 1. The molecule has 1 saturated heterocycles. The molecule has 0 saturated carbocycles. The summed E-state index contributed by atoms with van der Waals surface area (Å²) in [7, 11) is 0. The van der Waals surface area contributed by atoms with E-state index in [4.69, 9.17) is 5.11 Å². The molecule has 1 N–H and O–H groups in total. The smallest absolute Gasteiger partial charge is 0.266 e. The number of likely N-dealkylation sites (tertiary alicyclic amines) is 1. The van der Waals surface area contributed by atoms with Crippen LogP contribution >= 0.6 is 0 Å². The third-order valence-electron chi connectivity index (χ3n) is 6.34. The Bertz CT molecular complexity index is 1040. The molecule has 0 atom stereocenters. The number of aryl methyl sites for hydroxylation is 2. The lowest BCUT2D eigenvalue weighted by atomic mass is 10.1. The summed E-state index contributed by atoms with van der Waals surface area (Å²) >= 11 is 0. The van der Waals surface area contributed by atoms with Gasteiger partial charge in [0.25, 0.3) is 5.92 Å². The van der Waals surface area contributed by atoms with Gasteiger partial charge in [-0.1, -0.05) is 108 Å². The Morgan fingerprint density at radius 2 is 1.48 bits per heavy atom. The van der Waals surface area contributed by atoms with Crippen molar-refractivity contribution < 1.29 is 13.9 Å². The van der Waals surface area contributed by atoms with Crippen LogP contribution in [0.4, 0.5) is 8.78 Å². The lowest BCUT2D eigenvalue weighted by Crippen LogP contribution is -2.30. The minimum Gasteiger partial charge on any atom is -0.516 e. The van der Waals surface area contributed by atoms with Gasteiger partial charge < -0.3 is 10.0 Å². The Balaban J connectivity index is 0. The van der Waals surface area contributed by atoms with Crippen molar-refractivity contribution in [2.24, 2.45) is 0 Å². The molecule has 0 spiro atoms. The molecule has 1 heterocycles. The van der Waals surface area contributed by atoms with Crippen molar-refractivity contribution in [3.8, 4) is 0 Å². The van der Waals surface area contributed by atoms with Gasteiger partial charge in [0.2, 0.25) is 0 Å². The molecule has 1 aliphatic heterocycles. The fraction of sp³-hybridized carbons (Fsp3) is 0.500. The molecule has 2 aromatic carbocycles. The monoisotopic (exact) mass is 557 g/mol. The van der Waals surface area contributed by atoms with Crippen LogP contribution in [0.15, 0.2) is 73.0 Å². The van der Waals surface area contributed by atoms with Gasteiger partial charge in [0, 0.05) is 6.92 Å². The SMILES string of the molecule is C=CO.C=c1cccc/c1=C(C)/C=C(\C)C(C)(F)F.CC.CCCN1CCCCC1.CCCc1ccccc1C. The van der Waals surface area contributed by atoms with Crippen LogP contribution in [0, 0.1) is 6.92 Å². The minimum absolute atomic E-state index is 0.0632. The van der Waals surface area contributed by atoms with Crippen LogP contribution in [0.5, 0.6) is 0 Å². The lowest BCUT2D eigenvalue weighted by molar-refractivity contribution is 0.0636. The third-order valence-corrected chi connectivity index (χ3v) is 6.34. The largest absolute Gasteiger partial charge is 0.516 e. The molecule has 1 aliphatic rings. The van der Waals surface area contributed by atoms with Crippen LogP contribution in [0.2, 0.25) is 0 Å². The Labute approximate surface area is 244 Å². The Hall–Kier alpha value is -2.72. The average Bonchev–Trinajstić information content (AvgIpc) is 2.93. The van der Waals surface area contributed by atoms with Gasteiger partial charge in [-0.25, -0.2) is 8.78 Å². The Kier molecular flexibility index (Phi) is 23.8. The Morgan fingerprint density at radius 3 is 1.95 bits per heavy atom. The maximum absolute atomic E-state index is 13.0. The molecule has 0 amide bonds. The van der Waals surface area contributed by atoms with E-state index in [1.165, 1.54) is 82.3 Å². The summed E-state index contributed by atoms with van der Waals surface area (Å²) < 4.78 is 26.0. The van der Waals surface area contributed by atoms with Crippen molar-refractivity contribution in [2.75, 3.05) is 19.6 Å². The zero-order valence-electron chi connectivity index (χ0n) is 26.7. The number of halogens is 2. The van der Waals surface area contributed by atoms with Crippen LogP contribution in [0.1, 0.15) is 91.7 Å². The highest BCUT2D eigenvalue weighted by atomic mass is 19.3. The van der Waals surface area contributed by atoms with E-state index in [-0.39, 0.29) is 5.57 Å². The molecule has 3 rings (SSSR count). The summed E-state index contributed by atoms with van der Waals surface area (Å²) in [5.74, 6) is -2.77.